The van der Waals surface area contributed by atoms with Gasteiger partial charge >= 0.3 is 0 Å². The number of hydrogen-bond acceptors (Lipinski definition) is 2. The summed E-state index contributed by atoms with van der Waals surface area (Å²) in [4.78, 5) is 0. The van der Waals surface area contributed by atoms with Crippen LogP contribution in [0.25, 0.3) is 0 Å². The topological polar surface area (TPSA) is 24.1 Å². The molecule has 2 atom stereocenters. The molecule has 1 fully saturated rings. The zero-order valence-corrected chi connectivity index (χ0v) is 10.1. The van der Waals surface area contributed by atoms with Crippen molar-refractivity contribution in [1.82, 2.24) is 10.6 Å². The molecule has 0 amide bonds. The second-order valence-electron chi connectivity index (χ2n) is 4.75. The third kappa shape index (κ3) is 3.32. The average molecular weight is 218 g/mol. The van der Waals surface area contributed by atoms with Crippen molar-refractivity contribution in [2.24, 2.45) is 5.92 Å². The Morgan fingerprint density at radius 1 is 1.38 bits per heavy atom. The van der Waals surface area contributed by atoms with Crippen LogP contribution in [0.15, 0.2) is 30.3 Å². The third-order valence-electron chi connectivity index (χ3n) is 3.41. The van der Waals surface area contributed by atoms with Gasteiger partial charge in [0, 0.05) is 6.04 Å². The Bertz CT molecular complexity index is 291. The molecule has 0 bridgehead atoms. The quantitative estimate of drug-likeness (QED) is 0.810. The zero-order chi connectivity index (χ0) is 11.2. The fourth-order valence-corrected chi connectivity index (χ4v) is 2.30. The van der Waals surface area contributed by atoms with Gasteiger partial charge in [0.1, 0.15) is 0 Å². The molecule has 1 heterocycles. The number of hydrogen-bond donors (Lipinski definition) is 2. The summed E-state index contributed by atoms with van der Waals surface area (Å²) < 4.78 is 0. The highest BCUT2D eigenvalue weighted by Gasteiger charge is 2.13. The molecule has 1 aromatic rings. The van der Waals surface area contributed by atoms with Gasteiger partial charge in [-0.05, 0) is 50.9 Å². The zero-order valence-electron chi connectivity index (χ0n) is 10.1. The van der Waals surface area contributed by atoms with Crippen molar-refractivity contribution in [2.75, 3.05) is 19.6 Å². The molecule has 1 saturated heterocycles. The van der Waals surface area contributed by atoms with Gasteiger partial charge in [-0.25, -0.2) is 0 Å². The lowest BCUT2D eigenvalue weighted by molar-refractivity contribution is 0.348. The van der Waals surface area contributed by atoms with E-state index in [2.05, 4.69) is 47.9 Å². The summed E-state index contributed by atoms with van der Waals surface area (Å²) in [5.41, 5.74) is 1.38. The fourth-order valence-electron chi connectivity index (χ4n) is 2.30. The molecule has 1 aliphatic heterocycles. The van der Waals surface area contributed by atoms with Crippen LogP contribution in [0.5, 0.6) is 0 Å². The molecule has 2 nitrogen and oxygen atoms in total. The summed E-state index contributed by atoms with van der Waals surface area (Å²) >= 11 is 0. The van der Waals surface area contributed by atoms with Crippen LogP contribution in [-0.4, -0.2) is 19.6 Å². The molecule has 88 valence electrons. The van der Waals surface area contributed by atoms with Crippen molar-refractivity contribution in [3.8, 4) is 0 Å². The van der Waals surface area contributed by atoms with E-state index in [9.17, 15) is 0 Å². The van der Waals surface area contributed by atoms with Gasteiger partial charge in [-0.1, -0.05) is 30.3 Å². The minimum atomic E-state index is 0.461. The Hall–Kier alpha value is -0.860. The van der Waals surface area contributed by atoms with Crippen molar-refractivity contribution < 1.29 is 0 Å². The summed E-state index contributed by atoms with van der Waals surface area (Å²) in [6, 6.07) is 11.1. The van der Waals surface area contributed by atoms with Gasteiger partial charge in [0.05, 0.1) is 0 Å². The van der Waals surface area contributed by atoms with Gasteiger partial charge < -0.3 is 10.6 Å². The normalized spacial score (nSPS) is 22.9. The molecule has 1 aliphatic rings. The molecular weight excluding hydrogens is 196 g/mol. The van der Waals surface area contributed by atoms with Crippen molar-refractivity contribution >= 4 is 0 Å². The monoisotopic (exact) mass is 218 g/mol. The smallest absolute Gasteiger partial charge is 0.0291 e. The van der Waals surface area contributed by atoms with Crippen LogP contribution in [-0.2, 0) is 0 Å². The van der Waals surface area contributed by atoms with E-state index in [1.54, 1.807) is 0 Å². The second-order valence-corrected chi connectivity index (χ2v) is 4.75. The fraction of sp³-hybridized carbons (Fsp3) is 0.571. The highest BCUT2D eigenvalue weighted by Crippen LogP contribution is 2.14. The SMILES string of the molecule is CC(NCC1CCCNC1)c1ccccc1. The number of piperidine rings is 1. The predicted molar refractivity (Wildman–Crippen MR) is 68.5 cm³/mol. The first kappa shape index (κ1) is 11.6. The van der Waals surface area contributed by atoms with Crippen molar-refractivity contribution in [3.63, 3.8) is 0 Å². The highest BCUT2D eigenvalue weighted by molar-refractivity contribution is 5.17. The first-order chi connectivity index (χ1) is 7.86. The summed E-state index contributed by atoms with van der Waals surface area (Å²) in [6.07, 6.45) is 2.69. The van der Waals surface area contributed by atoms with Gasteiger partial charge in [-0.3, -0.25) is 0 Å². The van der Waals surface area contributed by atoms with E-state index in [0.717, 1.165) is 12.5 Å². The Kier molecular flexibility index (Phi) is 4.37. The Labute approximate surface area is 98.4 Å². The molecule has 2 heteroatoms. The van der Waals surface area contributed by atoms with E-state index in [0.29, 0.717) is 6.04 Å². The van der Waals surface area contributed by atoms with Crippen LogP contribution >= 0.6 is 0 Å². The molecular formula is C14H22N2. The second kappa shape index (κ2) is 6.02. The summed E-state index contributed by atoms with van der Waals surface area (Å²) in [5, 5.41) is 7.09. The first-order valence-corrected chi connectivity index (χ1v) is 6.35. The molecule has 0 spiro atoms. The van der Waals surface area contributed by atoms with Crippen molar-refractivity contribution in [1.29, 1.82) is 0 Å². The lowest BCUT2D eigenvalue weighted by Crippen LogP contribution is -2.36. The van der Waals surface area contributed by atoms with Crippen LogP contribution in [0.3, 0.4) is 0 Å². The van der Waals surface area contributed by atoms with Gasteiger partial charge in [0.2, 0.25) is 0 Å². The maximum Gasteiger partial charge on any atom is 0.0291 e. The molecule has 0 aromatic heterocycles. The van der Waals surface area contributed by atoms with Crippen molar-refractivity contribution in [3.05, 3.63) is 35.9 Å². The molecule has 0 saturated carbocycles. The van der Waals surface area contributed by atoms with E-state index >= 15 is 0 Å². The van der Waals surface area contributed by atoms with E-state index in [-0.39, 0.29) is 0 Å². The third-order valence-corrected chi connectivity index (χ3v) is 3.41. The predicted octanol–water partition coefficient (Wildman–Crippen LogP) is 2.34. The number of benzene rings is 1. The van der Waals surface area contributed by atoms with E-state index in [1.165, 1.54) is 31.5 Å². The minimum absolute atomic E-state index is 0.461. The molecule has 2 N–H and O–H groups in total. The summed E-state index contributed by atoms with van der Waals surface area (Å²) in [7, 11) is 0. The van der Waals surface area contributed by atoms with Crippen LogP contribution in [0.1, 0.15) is 31.4 Å². The lowest BCUT2D eigenvalue weighted by atomic mass is 9.99. The average Bonchev–Trinajstić information content (AvgIpc) is 2.38. The van der Waals surface area contributed by atoms with Gasteiger partial charge in [0.25, 0.3) is 0 Å². The van der Waals surface area contributed by atoms with E-state index in [4.69, 9.17) is 0 Å². The molecule has 2 unspecified atom stereocenters. The van der Waals surface area contributed by atoms with Crippen LogP contribution in [0.2, 0.25) is 0 Å². The Balaban J connectivity index is 1.77. The highest BCUT2D eigenvalue weighted by atomic mass is 14.9. The Morgan fingerprint density at radius 2 is 2.19 bits per heavy atom. The van der Waals surface area contributed by atoms with Crippen LogP contribution < -0.4 is 10.6 Å². The molecule has 16 heavy (non-hydrogen) atoms. The number of nitrogens with one attached hydrogen (secondary N) is 2. The first-order valence-electron chi connectivity index (χ1n) is 6.35. The van der Waals surface area contributed by atoms with Crippen LogP contribution in [0, 0.1) is 5.92 Å². The van der Waals surface area contributed by atoms with Crippen LogP contribution in [0.4, 0.5) is 0 Å². The van der Waals surface area contributed by atoms with E-state index < -0.39 is 0 Å². The molecule has 2 rings (SSSR count). The molecule has 0 radical (unpaired) electrons. The summed E-state index contributed by atoms with van der Waals surface area (Å²) in [6.45, 7) is 5.74. The van der Waals surface area contributed by atoms with Crippen molar-refractivity contribution in [2.45, 2.75) is 25.8 Å². The van der Waals surface area contributed by atoms with E-state index in [1.807, 2.05) is 0 Å². The maximum atomic E-state index is 3.63. The standard InChI is InChI=1S/C14H22N2/c1-12(14-7-3-2-4-8-14)16-11-13-6-5-9-15-10-13/h2-4,7-8,12-13,15-16H,5-6,9-11H2,1H3. The van der Waals surface area contributed by atoms with Gasteiger partial charge in [-0.2, -0.15) is 0 Å². The summed E-state index contributed by atoms with van der Waals surface area (Å²) in [5.74, 6) is 0.805. The largest absolute Gasteiger partial charge is 0.316 e. The molecule has 1 aromatic carbocycles. The lowest BCUT2D eigenvalue weighted by Gasteiger charge is -2.25. The number of rotatable bonds is 4. The Morgan fingerprint density at radius 3 is 2.88 bits per heavy atom. The van der Waals surface area contributed by atoms with Gasteiger partial charge in [-0.15, -0.1) is 0 Å². The maximum absolute atomic E-state index is 3.63. The minimum Gasteiger partial charge on any atom is -0.316 e. The van der Waals surface area contributed by atoms with Gasteiger partial charge in [0.15, 0.2) is 0 Å². The molecule has 0 aliphatic carbocycles.